The molecule has 0 saturated carbocycles. The molecule has 0 spiro atoms. The number of esters is 1. The number of hydrogen-bond acceptors (Lipinski definition) is 5. The summed E-state index contributed by atoms with van der Waals surface area (Å²) in [5.41, 5.74) is 0.545. The Morgan fingerprint density at radius 2 is 1.89 bits per heavy atom. The summed E-state index contributed by atoms with van der Waals surface area (Å²) >= 11 is 5.90. The van der Waals surface area contributed by atoms with E-state index >= 15 is 0 Å². The minimum Gasteiger partial charge on any atom is -0.451 e. The van der Waals surface area contributed by atoms with Crippen LogP contribution >= 0.6 is 11.6 Å². The number of aromatic nitrogens is 2. The second-order valence-corrected chi connectivity index (χ2v) is 6.43. The lowest BCUT2D eigenvalue weighted by Gasteiger charge is -2.10. The highest BCUT2D eigenvalue weighted by Gasteiger charge is 2.18. The molecule has 3 rings (SSSR count). The number of rotatable bonds is 6. The predicted molar refractivity (Wildman–Crippen MR) is 105 cm³/mol. The fourth-order valence-corrected chi connectivity index (χ4v) is 2.91. The monoisotopic (exact) mass is 399 g/mol. The zero-order valence-electron chi connectivity index (χ0n) is 15.1. The lowest BCUT2D eigenvalue weighted by Crippen LogP contribution is -2.30. The summed E-state index contributed by atoms with van der Waals surface area (Å²) in [7, 11) is 0. The molecule has 1 N–H and O–H groups in total. The van der Waals surface area contributed by atoms with Gasteiger partial charge >= 0.3 is 5.97 Å². The van der Waals surface area contributed by atoms with Crippen LogP contribution in [0.1, 0.15) is 23.0 Å². The molecular formula is C20H18ClN3O4. The molecule has 0 aliphatic carbocycles. The van der Waals surface area contributed by atoms with Crippen LogP contribution in [0.15, 0.2) is 53.3 Å². The van der Waals surface area contributed by atoms with E-state index in [1.165, 1.54) is 4.68 Å². The SMILES string of the molecule is CCn1nc(C(=O)OCC(=O)NCc2cccc(Cl)c2)c2ccccc2c1=O. The fraction of sp³-hybridized carbons (Fsp3) is 0.200. The van der Waals surface area contributed by atoms with E-state index in [-0.39, 0.29) is 17.8 Å². The van der Waals surface area contributed by atoms with Gasteiger partial charge < -0.3 is 10.1 Å². The van der Waals surface area contributed by atoms with Gasteiger partial charge in [0.15, 0.2) is 12.3 Å². The maximum Gasteiger partial charge on any atom is 0.359 e. The van der Waals surface area contributed by atoms with Crippen LogP contribution in [0.25, 0.3) is 10.8 Å². The largest absolute Gasteiger partial charge is 0.451 e. The van der Waals surface area contributed by atoms with Gasteiger partial charge in [0.2, 0.25) is 0 Å². The van der Waals surface area contributed by atoms with Gasteiger partial charge in [0.25, 0.3) is 11.5 Å². The molecule has 0 aliphatic rings. The number of ether oxygens (including phenoxy) is 1. The van der Waals surface area contributed by atoms with E-state index in [0.29, 0.717) is 22.3 Å². The molecule has 1 amide bonds. The Balaban J connectivity index is 1.69. The Morgan fingerprint density at radius 3 is 2.61 bits per heavy atom. The molecule has 28 heavy (non-hydrogen) atoms. The van der Waals surface area contributed by atoms with Crippen molar-refractivity contribution in [2.24, 2.45) is 0 Å². The summed E-state index contributed by atoms with van der Waals surface area (Å²) < 4.78 is 6.29. The molecule has 0 saturated heterocycles. The van der Waals surface area contributed by atoms with Crippen LogP contribution in [-0.4, -0.2) is 28.3 Å². The van der Waals surface area contributed by atoms with E-state index in [2.05, 4.69) is 10.4 Å². The van der Waals surface area contributed by atoms with E-state index < -0.39 is 18.5 Å². The van der Waals surface area contributed by atoms with Gasteiger partial charge in [-0.3, -0.25) is 9.59 Å². The third-order valence-electron chi connectivity index (χ3n) is 4.07. The first kappa shape index (κ1) is 19.6. The molecule has 0 unspecified atom stereocenters. The van der Waals surface area contributed by atoms with Crippen LogP contribution in [0, 0.1) is 0 Å². The maximum absolute atomic E-state index is 12.5. The number of fused-ring (bicyclic) bond motifs is 1. The summed E-state index contributed by atoms with van der Waals surface area (Å²) in [5.74, 6) is -1.22. The highest BCUT2D eigenvalue weighted by atomic mass is 35.5. The van der Waals surface area contributed by atoms with Crippen LogP contribution in [0.3, 0.4) is 0 Å². The molecular weight excluding hydrogens is 382 g/mol. The molecule has 0 atom stereocenters. The number of carbonyl (C=O) groups excluding carboxylic acids is 2. The van der Waals surface area contributed by atoms with Crippen molar-refractivity contribution in [1.82, 2.24) is 15.1 Å². The number of hydrogen-bond donors (Lipinski definition) is 1. The van der Waals surface area contributed by atoms with Crippen molar-refractivity contribution in [2.45, 2.75) is 20.0 Å². The van der Waals surface area contributed by atoms with E-state index in [0.717, 1.165) is 5.56 Å². The Labute approximate surface area is 165 Å². The van der Waals surface area contributed by atoms with Gasteiger partial charge in [-0.25, -0.2) is 9.48 Å². The Kier molecular flexibility index (Phi) is 6.06. The highest BCUT2D eigenvalue weighted by Crippen LogP contribution is 2.14. The molecule has 7 nitrogen and oxygen atoms in total. The van der Waals surface area contributed by atoms with E-state index in [1.807, 2.05) is 6.07 Å². The van der Waals surface area contributed by atoms with Gasteiger partial charge in [-0.1, -0.05) is 41.9 Å². The van der Waals surface area contributed by atoms with Crippen molar-refractivity contribution in [3.8, 4) is 0 Å². The van der Waals surface area contributed by atoms with Crippen molar-refractivity contribution >= 4 is 34.2 Å². The lowest BCUT2D eigenvalue weighted by atomic mass is 10.1. The zero-order valence-corrected chi connectivity index (χ0v) is 15.9. The predicted octanol–water partition coefficient (Wildman–Crippen LogP) is 2.54. The Hall–Kier alpha value is -3.19. The van der Waals surface area contributed by atoms with Gasteiger partial charge in [0, 0.05) is 23.5 Å². The van der Waals surface area contributed by atoms with Crippen molar-refractivity contribution < 1.29 is 14.3 Å². The second-order valence-electron chi connectivity index (χ2n) is 6.00. The number of carbonyl (C=O) groups is 2. The number of amides is 1. The molecule has 0 aliphatic heterocycles. The third-order valence-corrected chi connectivity index (χ3v) is 4.31. The molecule has 0 bridgehead atoms. The number of aryl methyl sites for hydroxylation is 1. The highest BCUT2D eigenvalue weighted by molar-refractivity contribution is 6.30. The van der Waals surface area contributed by atoms with E-state index in [1.54, 1.807) is 49.4 Å². The number of nitrogens with one attached hydrogen (secondary N) is 1. The van der Waals surface area contributed by atoms with Crippen LogP contribution in [0.4, 0.5) is 0 Å². The summed E-state index contributed by atoms with van der Waals surface area (Å²) in [6.07, 6.45) is 0. The fourth-order valence-electron chi connectivity index (χ4n) is 2.70. The molecule has 8 heteroatoms. The molecule has 144 valence electrons. The molecule has 1 heterocycles. The van der Waals surface area contributed by atoms with Crippen LogP contribution < -0.4 is 10.9 Å². The van der Waals surface area contributed by atoms with Crippen LogP contribution in [0.5, 0.6) is 0 Å². The first-order chi connectivity index (χ1) is 13.5. The minimum absolute atomic E-state index is 0.000286. The van der Waals surface area contributed by atoms with Crippen molar-refractivity contribution in [2.75, 3.05) is 6.61 Å². The van der Waals surface area contributed by atoms with Gasteiger partial charge in [0.05, 0.1) is 5.39 Å². The number of benzene rings is 2. The quantitative estimate of drug-likeness (QED) is 0.643. The smallest absolute Gasteiger partial charge is 0.359 e. The Morgan fingerprint density at radius 1 is 1.14 bits per heavy atom. The minimum atomic E-state index is -0.767. The summed E-state index contributed by atoms with van der Waals surface area (Å²) in [6.45, 7) is 1.87. The molecule has 3 aromatic rings. The molecule has 0 fully saturated rings. The van der Waals surface area contributed by atoms with Crippen molar-refractivity contribution in [3.63, 3.8) is 0 Å². The van der Waals surface area contributed by atoms with Crippen molar-refractivity contribution in [1.29, 1.82) is 0 Å². The van der Waals surface area contributed by atoms with E-state index in [9.17, 15) is 14.4 Å². The summed E-state index contributed by atoms with van der Waals surface area (Å²) in [5, 5.41) is 8.07. The Bertz CT molecular complexity index is 1090. The van der Waals surface area contributed by atoms with Crippen LogP contribution in [-0.2, 0) is 22.6 Å². The average molecular weight is 400 g/mol. The average Bonchev–Trinajstić information content (AvgIpc) is 2.71. The normalized spacial score (nSPS) is 10.6. The first-order valence-corrected chi connectivity index (χ1v) is 9.05. The first-order valence-electron chi connectivity index (χ1n) is 8.67. The maximum atomic E-state index is 12.5. The zero-order chi connectivity index (χ0) is 20.1. The van der Waals surface area contributed by atoms with Gasteiger partial charge in [-0.05, 0) is 30.7 Å². The molecule has 2 aromatic carbocycles. The number of nitrogens with zero attached hydrogens (tertiary/aromatic N) is 2. The second kappa shape index (κ2) is 8.67. The number of halogens is 1. The van der Waals surface area contributed by atoms with Crippen LogP contribution in [0.2, 0.25) is 5.02 Å². The standard InChI is InChI=1S/C20H18ClN3O4/c1-2-24-19(26)16-9-4-3-8-15(16)18(23-24)20(27)28-12-17(25)22-11-13-6-5-7-14(21)10-13/h3-10H,2,11-12H2,1H3,(H,22,25). The lowest BCUT2D eigenvalue weighted by molar-refractivity contribution is -0.124. The topological polar surface area (TPSA) is 90.3 Å². The summed E-state index contributed by atoms with van der Waals surface area (Å²) in [4.78, 5) is 36.8. The summed E-state index contributed by atoms with van der Waals surface area (Å²) in [6, 6.07) is 13.7. The van der Waals surface area contributed by atoms with Gasteiger partial charge in [0.1, 0.15) is 0 Å². The molecule has 0 radical (unpaired) electrons. The van der Waals surface area contributed by atoms with E-state index in [4.69, 9.17) is 16.3 Å². The van der Waals surface area contributed by atoms with Gasteiger partial charge in [-0.15, -0.1) is 0 Å². The molecule has 1 aromatic heterocycles. The van der Waals surface area contributed by atoms with Crippen molar-refractivity contribution in [3.05, 3.63) is 75.2 Å². The van der Waals surface area contributed by atoms with Gasteiger partial charge in [-0.2, -0.15) is 5.10 Å². The third kappa shape index (κ3) is 4.37.